The highest BCUT2D eigenvalue weighted by Gasteiger charge is 2.18. The standard InChI is InChI=1S/C28H30F2N2O5S/c1-4-5-11-37-12-7-9-18-8-6-10-20(25(18)36-3)24-16-38-28(31-24)32-26(33)19-14-22(29)21(23(30)15-19)13-17(2)27(34)35/h6,8,10,13-16H,4-5,7,9,11-12H2,1-3H3,(H,34,35)(H,31,32,33)/b17-13+. The van der Waals surface area contributed by atoms with Gasteiger partial charge >= 0.3 is 5.97 Å². The highest BCUT2D eigenvalue weighted by atomic mass is 32.1. The lowest BCUT2D eigenvalue weighted by Gasteiger charge is -2.12. The number of aryl methyl sites for hydroxylation is 1. The van der Waals surface area contributed by atoms with Gasteiger partial charge in [-0.05, 0) is 56.0 Å². The Balaban J connectivity index is 1.73. The van der Waals surface area contributed by atoms with Crippen LogP contribution in [0, 0.1) is 11.6 Å². The minimum atomic E-state index is -1.30. The first kappa shape index (κ1) is 28.9. The molecule has 3 rings (SSSR count). The van der Waals surface area contributed by atoms with Gasteiger partial charge in [0.05, 0.1) is 12.8 Å². The van der Waals surface area contributed by atoms with Gasteiger partial charge in [0.15, 0.2) is 5.13 Å². The number of carbonyl (C=O) groups is 2. The molecule has 38 heavy (non-hydrogen) atoms. The molecule has 0 bridgehead atoms. The molecule has 0 radical (unpaired) electrons. The van der Waals surface area contributed by atoms with Crippen LogP contribution in [-0.2, 0) is 16.0 Å². The van der Waals surface area contributed by atoms with Gasteiger partial charge in [0.25, 0.3) is 5.91 Å². The molecular weight excluding hydrogens is 514 g/mol. The predicted molar refractivity (Wildman–Crippen MR) is 144 cm³/mol. The number of rotatable bonds is 13. The van der Waals surface area contributed by atoms with Gasteiger partial charge in [-0.15, -0.1) is 11.3 Å². The molecule has 0 saturated heterocycles. The summed E-state index contributed by atoms with van der Waals surface area (Å²) in [6.07, 6.45) is 4.63. The molecule has 1 aromatic heterocycles. The number of benzene rings is 2. The molecule has 0 spiro atoms. The first-order chi connectivity index (χ1) is 18.2. The third-order valence-corrected chi connectivity index (χ3v) is 6.48. The molecule has 0 aliphatic heterocycles. The predicted octanol–water partition coefficient (Wildman–Crippen LogP) is 6.59. The van der Waals surface area contributed by atoms with Crippen LogP contribution in [0.3, 0.4) is 0 Å². The van der Waals surface area contributed by atoms with E-state index in [1.54, 1.807) is 12.5 Å². The molecule has 1 heterocycles. The number of halogens is 2. The maximum absolute atomic E-state index is 14.5. The zero-order valence-electron chi connectivity index (χ0n) is 21.5. The lowest BCUT2D eigenvalue weighted by molar-refractivity contribution is -0.132. The van der Waals surface area contributed by atoms with E-state index >= 15 is 0 Å². The van der Waals surface area contributed by atoms with E-state index in [0.717, 1.165) is 73.0 Å². The minimum Gasteiger partial charge on any atom is -0.496 e. The van der Waals surface area contributed by atoms with Gasteiger partial charge in [-0.25, -0.2) is 18.6 Å². The van der Waals surface area contributed by atoms with Crippen molar-refractivity contribution in [2.75, 3.05) is 25.6 Å². The summed E-state index contributed by atoms with van der Waals surface area (Å²) >= 11 is 1.16. The van der Waals surface area contributed by atoms with Crippen molar-refractivity contribution in [2.45, 2.75) is 39.5 Å². The number of unbranched alkanes of at least 4 members (excludes halogenated alkanes) is 1. The molecule has 2 aromatic carbocycles. The number of hydrogen-bond acceptors (Lipinski definition) is 6. The largest absolute Gasteiger partial charge is 0.496 e. The van der Waals surface area contributed by atoms with E-state index in [-0.39, 0.29) is 16.3 Å². The van der Waals surface area contributed by atoms with Crippen molar-refractivity contribution in [3.63, 3.8) is 0 Å². The van der Waals surface area contributed by atoms with Gasteiger partial charge in [-0.2, -0.15) is 0 Å². The number of anilines is 1. The van der Waals surface area contributed by atoms with Gasteiger partial charge in [0.2, 0.25) is 0 Å². The Morgan fingerprint density at radius 2 is 1.87 bits per heavy atom. The summed E-state index contributed by atoms with van der Waals surface area (Å²) < 4.78 is 40.2. The Kier molecular flexibility index (Phi) is 10.5. The number of nitrogens with zero attached hydrogens (tertiary/aromatic N) is 1. The van der Waals surface area contributed by atoms with E-state index in [1.807, 2.05) is 18.2 Å². The monoisotopic (exact) mass is 544 g/mol. The van der Waals surface area contributed by atoms with Crippen LogP contribution >= 0.6 is 11.3 Å². The van der Waals surface area contributed by atoms with Crippen LogP contribution in [0.25, 0.3) is 17.3 Å². The maximum atomic E-state index is 14.5. The van der Waals surface area contributed by atoms with E-state index in [2.05, 4.69) is 17.2 Å². The quantitative estimate of drug-likeness (QED) is 0.186. The van der Waals surface area contributed by atoms with Gasteiger partial charge in [-0.3, -0.25) is 10.1 Å². The van der Waals surface area contributed by atoms with Crippen LogP contribution in [0.5, 0.6) is 5.75 Å². The Morgan fingerprint density at radius 1 is 1.16 bits per heavy atom. The average Bonchev–Trinajstić information content (AvgIpc) is 3.35. The van der Waals surface area contributed by atoms with E-state index in [4.69, 9.17) is 14.6 Å². The number of carbonyl (C=O) groups excluding carboxylic acids is 1. The van der Waals surface area contributed by atoms with Crippen LogP contribution in [0.2, 0.25) is 0 Å². The summed E-state index contributed by atoms with van der Waals surface area (Å²) in [5.41, 5.74) is 1.33. The van der Waals surface area contributed by atoms with Crippen molar-refractivity contribution in [1.82, 2.24) is 4.98 Å². The SMILES string of the molecule is CCCCOCCCc1cccc(-c2csc(NC(=O)c3cc(F)c(/C=C(\C)C(=O)O)c(F)c3)n2)c1OC. The Labute approximate surface area is 224 Å². The number of hydrogen-bond donors (Lipinski definition) is 2. The second-order valence-electron chi connectivity index (χ2n) is 8.55. The van der Waals surface area contributed by atoms with Crippen molar-refractivity contribution < 1.29 is 33.0 Å². The van der Waals surface area contributed by atoms with Crippen molar-refractivity contribution in [1.29, 1.82) is 0 Å². The highest BCUT2D eigenvalue weighted by molar-refractivity contribution is 7.14. The molecule has 7 nitrogen and oxygen atoms in total. The Morgan fingerprint density at radius 3 is 2.53 bits per heavy atom. The van der Waals surface area contributed by atoms with E-state index in [1.165, 1.54) is 6.92 Å². The van der Waals surface area contributed by atoms with Gasteiger partial charge in [-0.1, -0.05) is 25.5 Å². The van der Waals surface area contributed by atoms with Crippen LogP contribution < -0.4 is 10.1 Å². The summed E-state index contributed by atoms with van der Waals surface area (Å²) in [6, 6.07) is 7.48. The second-order valence-corrected chi connectivity index (χ2v) is 9.40. The van der Waals surface area contributed by atoms with Crippen LogP contribution in [0.4, 0.5) is 13.9 Å². The molecule has 3 aromatic rings. The zero-order valence-corrected chi connectivity index (χ0v) is 22.3. The third kappa shape index (κ3) is 7.45. The van der Waals surface area contributed by atoms with Crippen molar-refractivity contribution in [3.05, 3.63) is 69.6 Å². The molecule has 0 saturated carbocycles. The molecule has 0 atom stereocenters. The molecule has 2 N–H and O–H groups in total. The Hall–Kier alpha value is -3.63. The fraction of sp³-hybridized carbons (Fsp3) is 0.321. The van der Waals surface area contributed by atoms with Crippen molar-refractivity contribution in [2.24, 2.45) is 0 Å². The number of para-hydroxylation sites is 1. The van der Waals surface area contributed by atoms with Crippen LogP contribution in [-0.4, -0.2) is 42.3 Å². The molecule has 1 amide bonds. The number of methoxy groups -OCH3 is 1. The van der Waals surface area contributed by atoms with Crippen molar-refractivity contribution >= 4 is 34.4 Å². The van der Waals surface area contributed by atoms with Crippen LogP contribution in [0.1, 0.15) is 54.6 Å². The van der Waals surface area contributed by atoms with Crippen molar-refractivity contribution in [3.8, 4) is 17.0 Å². The van der Waals surface area contributed by atoms with E-state index in [9.17, 15) is 18.4 Å². The smallest absolute Gasteiger partial charge is 0.331 e. The number of ether oxygens (including phenoxy) is 2. The number of carboxylic acids is 1. The molecule has 10 heteroatoms. The number of nitrogens with one attached hydrogen (secondary N) is 1. The molecule has 0 aliphatic carbocycles. The van der Waals surface area contributed by atoms with Gasteiger partial charge in [0, 0.05) is 40.9 Å². The average molecular weight is 545 g/mol. The number of carboxylic acid groups (broad SMARTS) is 1. The molecule has 0 unspecified atom stereocenters. The molecule has 202 valence electrons. The van der Waals surface area contributed by atoms with Gasteiger partial charge in [0.1, 0.15) is 17.4 Å². The maximum Gasteiger partial charge on any atom is 0.331 e. The molecular formula is C28H30F2N2O5S. The zero-order chi connectivity index (χ0) is 27.7. The number of aromatic nitrogens is 1. The lowest BCUT2D eigenvalue weighted by atomic mass is 10.0. The van der Waals surface area contributed by atoms with Crippen LogP contribution in [0.15, 0.2) is 41.3 Å². The Bertz CT molecular complexity index is 1300. The molecule has 0 aliphatic rings. The van der Waals surface area contributed by atoms with E-state index < -0.39 is 29.1 Å². The lowest BCUT2D eigenvalue weighted by Crippen LogP contribution is -2.13. The summed E-state index contributed by atoms with van der Waals surface area (Å²) in [6.45, 7) is 4.76. The summed E-state index contributed by atoms with van der Waals surface area (Å²) in [5, 5.41) is 13.5. The first-order valence-corrected chi connectivity index (χ1v) is 13.0. The topological polar surface area (TPSA) is 97.8 Å². The second kappa shape index (κ2) is 13.8. The normalized spacial score (nSPS) is 11.4. The summed E-state index contributed by atoms with van der Waals surface area (Å²) in [7, 11) is 1.59. The number of thiazole rings is 1. The first-order valence-electron chi connectivity index (χ1n) is 12.2. The number of aliphatic carboxylic acids is 1. The third-order valence-electron chi connectivity index (χ3n) is 5.72. The fourth-order valence-electron chi connectivity index (χ4n) is 3.69. The molecule has 0 fully saturated rings. The summed E-state index contributed by atoms with van der Waals surface area (Å²) in [5.74, 6) is -3.46. The van der Waals surface area contributed by atoms with E-state index in [0.29, 0.717) is 18.1 Å². The minimum absolute atomic E-state index is 0.241. The van der Waals surface area contributed by atoms with Gasteiger partial charge < -0.3 is 14.6 Å². The summed E-state index contributed by atoms with van der Waals surface area (Å²) in [4.78, 5) is 28.1. The fourth-order valence-corrected chi connectivity index (χ4v) is 4.40. The highest BCUT2D eigenvalue weighted by Crippen LogP contribution is 2.35. The number of amides is 1.